The number of hydrogen-bond donors (Lipinski definition) is 1. The van der Waals surface area contributed by atoms with Crippen LogP contribution in [0.4, 0.5) is 29.8 Å². The predicted molar refractivity (Wildman–Crippen MR) is 123 cm³/mol. The second kappa shape index (κ2) is 9.02. The van der Waals surface area contributed by atoms with Crippen LogP contribution in [0.1, 0.15) is 52.3 Å². The molecule has 1 aromatic carbocycles. The van der Waals surface area contributed by atoms with Crippen LogP contribution < -0.4 is 5.32 Å². The monoisotopic (exact) mass is 498 g/mol. The van der Waals surface area contributed by atoms with Gasteiger partial charge in [-0.3, -0.25) is 9.79 Å². The van der Waals surface area contributed by atoms with E-state index in [4.69, 9.17) is 4.52 Å². The Hall–Kier alpha value is -3.93. The number of thiazole rings is 1. The number of Topliss-reactive ketones (excluding diaryl/α,β-unsaturated/α-hetero) is 1. The lowest BCUT2D eigenvalue weighted by atomic mass is 9.99. The molecule has 35 heavy (non-hydrogen) atoms. The molecule has 0 saturated carbocycles. The number of carbonyl (C=O) groups is 1. The molecule has 0 bridgehead atoms. The first-order valence-corrected chi connectivity index (χ1v) is 11.4. The number of rotatable bonds is 7. The third-order valence-electron chi connectivity index (χ3n) is 5.44. The molecule has 0 unspecified atom stereocenters. The van der Waals surface area contributed by atoms with Gasteiger partial charge in [0, 0.05) is 42.5 Å². The van der Waals surface area contributed by atoms with Gasteiger partial charge in [0.25, 0.3) is 0 Å². The fraction of sp³-hybridized carbons (Fsp3) is 0.217. The summed E-state index contributed by atoms with van der Waals surface area (Å²) in [5, 5.41) is 9.51. The molecule has 1 aliphatic heterocycles. The topological polar surface area (TPSA) is 106 Å². The number of benzene rings is 1. The highest BCUT2D eigenvalue weighted by molar-refractivity contribution is 7.13. The van der Waals surface area contributed by atoms with Gasteiger partial charge in [-0.1, -0.05) is 12.1 Å². The number of anilines is 2. The largest absolute Gasteiger partial charge is 0.416 e. The van der Waals surface area contributed by atoms with Gasteiger partial charge in [-0.25, -0.2) is 15.0 Å². The number of aromatic nitrogens is 4. The summed E-state index contributed by atoms with van der Waals surface area (Å²) in [6, 6.07) is 6.70. The lowest BCUT2D eigenvalue weighted by molar-refractivity contribution is -0.137. The van der Waals surface area contributed by atoms with E-state index in [2.05, 4.69) is 30.4 Å². The van der Waals surface area contributed by atoms with Gasteiger partial charge in [0.2, 0.25) is 0 Å². The number of ketones is 1. The molecule has 0 saturated heterocycles. The van der Waals surface area contributed by atoms with E-state index in [0.717, 1.165) is 12.1 Å². The lowest BCUT2D eigenvalue weighted by Gasteiger charge is -2.07. The van der Waals surface area contributed by atoms with Crippen molar-refractivity contribution in [2.24, 2.45) is 4.99 Å². The smallest absolute Gasteiger partial charge is 0.360 e. The van der Waals surface area contributed by atoms with E-state index in [1.54, 1.807) is 18.3 Å². The Kier molecular flexibility index (Phi) is 5.89. The standard InChI is InChI=1S/C23H17F3N6O2S/c1-12(6-19(33)18-10-21(29-11-28-18)31-22-27-4-5-35-22)20-9-17(32-34-20)16-8-13-7-14(23(24,25)26)2-3-15(13)30-16/h2-5,7,9-12H,6,8H2,1H3,(H,27,28,29,31)/t12-/m0/s1. The van der Waals surface area contributed by atoms with Crippen molar-refractivity contribution < 1.29 is 22.5 Å². The molecule has 1 aliphatic rings. The minimum atomic E-state index is -4.41. The summed E-state index contributed by atoms with van der Waals surface area (Å²) in [5.74, 6) is 0.416. The van der Waals surface area contributed by atoms with Crippen molar-refractivity contribution in [1.82, 2.24) is 20.1 Å². The third-order valence-corrected chi connectivity index (χ3v) is 6.13. The number of nitrogens with zero attached hydrogens (tertiary/aromatic N) is 5. The average Bonchev–Trinajstić information content (AvgIpc) is 3.58. The van der Waals surface area contributed by atoms with E-state index in [1.165, 1.54) is 23.7 Å². The molecule has 3 aromatic heterocycles. The third kappa shape index (κ3) is 4.97. The highest BCUT2D eigenvalue weighted by Gasteiger charge is 2.32. The first-order valence-electron chi connectivity index (χ1n) is 10.5. The first-order chi connectivity index (χ1) is 16.8. The van der Waals surface area contributed by atoms with Crippen LogP contribution in [0.2, 0.25) is 0 Å². The van der Waals surface area contributed by atoms with Crippen LogP contribution in [0.3, 0.4) is 0 Å². The maximum atomic E-state index is 13.0. The zero-order chi connectivity index (χ0) is 24.6. The Morgan fingerprint density at radius 1 is 1.20 bits per heavy atom. The minimum absolute atomic E-state index is 0.115. The molecule has 0 spiro atoms. The Morgan fingerprint density at radius 3 is 2.83 bits per heavy atom. The molecular weight excluding hydrogens is 481 g/mol. The van der Waals surface area contributed by atoms with Gasteiger partial charge < -0.3 is 9.84 Å². The molecule has 0 radical (unpaired) electrons. The summed E-state index contributed by atoms with van der Waals surface area (Å²) in [6.45, 7) is 1.82. The Balaban J connectivity index is 1.25. The Morgan fingerprint density at radius 2 is 2.06 bits per heavy atom. The quantitative estimate of drug-likeness (QED) is 0.324. The van der Waals surface area contributed by atoms with E-state index in [9.17, 15) is 18.0 Å². The van der Waals surface area contributed by atoms with Crippen molar-refractivity contribution in [3.63, 3.8) is 0 Å². The van der Waals surface area contributed by atoms with Crippen molar-refractivity contribution in [1.29, 1.82) is 0 Å². The average molecular weight is 498 g/mol. The summed E-state index contributed by atoms with van der Waals surface area (Å²) in [5.41, 5.74) is 1.44. The molecule has 5 rings (SSSR count). The van der Waals surface area contributed by atoms with Crippen molar-refractivity contribution in [3.05, 3.63) is 76.5 Å². The van der Waals surface area contributed by atoms with Gasteiger partial charge in [-0.15, -0.1) is 11.3 Å². The number of nitrogens with one attached hydrogen (secondary N) is 1. The molecule has 4 aromatic rings. The Labute approximate surface area is 201 Å². The molecular formula is C23H17F3N6O2S. The van der Waals surface area contributed by atoms with Crippen molar-refractivity contribution >= 4 is 39.5 Å². The maximum absolute atomic E-state index is 13.0. The number of aliphatic imine (C=N–C) groups is 1. The summed E-state index contributed by atoms with van der Waals surface area (Å²) < 4.78 is 44.4. The van der Waals surface area contributed by atoms with Crippen LogP contribution in [0.15, 0.2) is 57.8 Å². The summed E-state index contributed by atoms with van der Waals surface area (Å²) >= 11 is 1.40. The molecule has 4 heterocycles. The number of alkyl halides is 3. The molecule has 8 nitrogen and oxygen atoms in total. The van der Waals surface area contributed by atoms with E-state index < -0.39 is 11.7 Å². The fourth-order valence-corrected chi connectivity index (χ4v) is 4.18. The lowest BCUT2D eigenvalue weighted by Crippen LogP contribution is -2.08. The molecule has 12 heteroatoms. The van der Waals surface area contributed by atoms with E-state index in [1.807, 2.05) is 12.3 Å². The predicted octanol–water partition coefficient (Wildman–Crippen LogP) is 5.74. The second-order valence-corrected chi connectivity index (χ2v) is 8.86. The molecule has 0 fully saturated rings. The van der Waals surface area contributed by atoms with Crippen LogP contribution in [-0.4, -0.2) is 31.6 Å². The number of hydrogen-bond acceptors (Lipinski definition) is 9. The van der Waals surface area contributed by atoms with Crippen LogP contribution in [0, 0.1) is 0 Å². The van der Waals surface area contributed by atoms with Gasteiger partial charge in [-0.2, -0.15) is 13.2 Å². The zero-order valence-electron chi connectivity index (χ0n) is 18.2. The first kappa shape index (κ1) is 22.8. The Bertz CT molecular complexity index is 1410. The molecule has 0 aliphatic carbocycles. The van der Waals surface area contributed by atoms with E-state index >= 15 is 0 Å². The van der Waals surface area contributed by atoms with E-state index in [-0.39, 0.29) is 30.2 Å². The maximum Gasteiger partial charge on any atom is 0.416 e. The van der Waals surface area contributed by atoms with Gasteiger partial charge >= 0.3 is 6.18 Å². The highest BCUT2D eigenvalue weighted by Crippen LogP contribution is 2.36. The molecule has 0 amide bonds. The van der Waals surface area contributed by atoms with Gasteiger partial charge in [0.05, 0.1) is 17.0 Å². The minimum Gasteiger partial charge on any atom is -0.360 e. The van der Waals surface area contributed by atoms with Crippen LogP contribution in [0.25, 0.3) is 0 Å². The fourth-order valence-electron chi connectivity index (χ4n) is 3.64. The number of halogens is 3. The molecule has 1 atom stereocenters. The SMILES string of the molecule is C[C@@H](CC(=O)c1cc(Nc2nccs2)ncn1)c1cc(C2=Nc3ccc(C(F)(F)F)cc3C2)no1. The van der Waals surface area contributed by atoms with Crippen LogP contribution in [-0.2, 0) is 12.6 Å². The van der Waals surface area contributed by atoms with E-state index in [0.29, 0.717) is 39.4 Å². The zero-order valence-corrected chi connectivity index (χ0v) is 19.0. The van der Waals surface area contributed by atoms with Crippen molar-refractivity contribution in [2.75, 3.05) is 5.32 Å². The number of fused-ring (bicyclic) bond motifs is 1. The van der Waals surface area contributed by atoms with Gasteiger partial charge in [0.15, 0.2) is 10.9 Å². The van der Waals surface area contributed by atoms with Crippen LogP contribution >= 0.6 is 11.3 Å². The van der Waals surface area contributed by atoms with Crippen molar-refractivity contribution in [2.45, 2.75) is 31.9 Å². The summed E-state index contributed by atoms with van der Waals surface area (Å²) in [4.78, 5) is 29.5. The molecule has 1 N–H and O–H groups in total. The van der Waals surface area contributed by atoms with Gasteiger partial charge in [-0.05, 0) is 23.8 Å². The number of carbonyl (C=O) groups excluding carboxylic acids is 1. The van der Waals surface area contributed by atoms with Crippen molar-refractivity contribution in [3.8, 4) is 0 Å². The second-order valence-electron chi connectivity index (χ2n) is 7.97. The summed E-state index contributed by atoms with van der Waals surface area (Å²) in [7, 11) is 0. The van der Waals surface area contributed by atoms with Crippen LogP contribution in [0.5, 0.6) is 0 Å². The van der Waals surface area contributed by atoms with Gasteiger partial charge in [0.1, 0.15) is 29.3 Å². The normalized spacial score (nSPS) is 13.9. The molecule has 178 valence electrons. The highest BCUT2D eigenvalue weighted by atomic mass is 32.1. The summed E-state index contributed by atoms with van der Waals surface area (Å²) in [6.07, 6.45) is -1.12.